The highest BCUT2D eigenvalue weighted by Gasteiger charge is 2.36. The van der Waals surface area contributed by atoms with E-state index in [1.54, 1.807) is 27.0 Å². The van der Waals surface area contributed by atoms with E-state index in [-0.39, 0.29) is 19.0 Å². The second kappa shape index (κ2) is 8.80. The van der Waals surface area contributed by atoms with Gasteiger partial charge in [0, 0.05) is 22.1 Å². The van der Waals surface area contributed by atoms with E-state index in [1.165, 1.54) is 0 Å². The van der Waals surface area contributed by atoms with Crippen LogP contribution >= 0.6 is 7.60 Å². The minimum Gasteiger partial charge on any atom is -0.497 e. The van der Waals surface area contributed by atoms with Crippen LogP contribution in [0.2, 0.25) is 0 Å². The number of pyridine rings is 1. The fourth-order valence-electron chi connectivity index (χ4n) is 4.50. The number of carbonyl (C=O) groups is 1. The summed E-state index contributed by atoms with van der Waals surface area (Å²) in [7, 11) is -2.03. The van der Waals surface area contributed by atoms with Gasteiger partial charge in [0.15, 0.2) is 5.78 Å². The number of nitrogens with zero attached hydrogens (tertiary/aromatic N) is 1. The molecule has 0 spiro atoms. The van der Waals surface area contributed by atoms with Gasteiger partial charge < -0.3 is 13.8 Å². The summed E-state index contributed by atoms with van der Waals surface area (Å²) in [4.78, 5) is 18.5. The monoisotopic (exact) mass is 473 g/mol. The van der Waals surface area contributed by atoms with Crippen LogP contribution in [0.25, 0.3) is 33.3 Å². The molecule has 0 aliphatic heterocycles. The molecule has 0 unspecified atom stereocenters. The first-order chi connectivity index (χ1) is 16.5. The molecule has 1 aliphatic carbocycles. The van der Waals surface area contributed by atoms with Crippen LogP contribution in [0, 0.1) is 0 Å². The van der Waals surface area contributed by atoms with Crippen molar-refractivity contribution < 1.29 is 23.1 Å². The number of methoxy groups -OCH3 is 1. The summed E-state index contributed by atoms with van der Waals surface area (Å²) in [5.74, 6) is 0.627. The summed E-state index contributed by atoms with van der Waals surface area (Å²) in [6, 6.07) is 20.4. The highest BCUT2D eigenvalue weighted by molar-refractivity contribution is 7.62. The van der Waals surface area contributed by atoms with E-state index in [0.717, 1.165) is 22.1 Å². The molecule has 4 aromatic rings. The average molecular weight is 473 g/mol. The zero-order chi connectivity index (χ0) is 23.9. The lowest BCUT2D eigenvalue weighted by atomic mass is 9.96. The number of hydrogen-bond donors (Lipinski definition) is 0. The Morgan fingerprint density at radius 2 is 1.50 bits per heavy atom. The van der Waals surface area contributed by atoms with Gasteiger partial charge in [0.2, 0.25) is 0 Å². The van der Waals surface area contributed by atoms with Crippen molar-refractivity contribution in [2.24, 2.45) is 0 Å². The van der Waals surface area contributed by atoms with E-state index in [4.69, 9.17) is 18.8 Å². The first-order valence-electron chi connectivity index (χ1n) is 11.2. The Bertz CT molecular complexity index is 1450. The molecule has 1 aliphatic rings. The fourth-order valence-corrected chi connectivity index (χ4v) is 6.23. The summed E-state index contributed by atoms with van der Waals surface area (Å²) in [6.07, 6.45) is 0. The molecule has 0 radical (unpaired) electrons. The molecule has 0 saturated carbocycles. The molecule has 34 heavy (non-hydrogen) atoms. The zero-order valence-electron chi connectivity index (χ0n) is 19.2. The summed E-state index contributed by atoms with van der Waals surface area (Å²) in [5, 5.41) is 1.13. The van der Waals surface area contributed by atoms with E-state index < -0.39 is 7.60 Å². The highest BCUT2D eigenvalue weighted by Crippen LogP contribution is 2.51. The number of aromatic nitrogens is 1. The molecule has 0 bridgehead atoms. The number of hydrogen-bond acceptors (Lipinski definition) is 6. The molecule has 1 heterocycles. The Hall–Kier alpha value is -3.31. The number of ketones is 1. The third-order valence-electron chi connectivity index (χ3n) is 5.92. The molecule has 0 amide bonds. The van der Waals surface area contributed by atoms with Crippen LogP contribution in [0.5, 0.6) is 5.75 Å². The van der Waals surface area contributed by atoms with Crippen molar-refractivity contribution in [1.82, 2.24) is 4.98 Å². The van der Waals surface area contributed by atoms with Gasteiger partial charge in [0.05, 0.1) is 42.4 Å². The predicted molar refractivity (Wildman–Crippen MR) is 133 cm³/mol. The Balaban J connectivity index is 1.89. The van der Waals surface area contributed by atoms with Gasteiger partial charge >= 0.3 is 7.60 Å². The minimum absolute atomic E-state index is 0.0750. The first kappa shape index (κ1) is 22.5. The molecular weight excluding hydrogens is 449 g/mol. The lowest BCUT2D eigenvalue weighted by Gasteiger charge is -2.20. The van der Waals surface area contributed by atoms with Crippen LogP contribution < -0.4 is 10.0 Å². The van der Waals surface area contributed by atoms with Crippen molar-refractivity contribution in [3.63, 3.8) is 0 Å². The molecule has 5 rings (SSSR count). The molecule has 0 N–H and O–H groups in total. The van der Waals surface area contributed by atoms with Crippen LogP contribution in [0.3, 0.4) is 0 Å². The molecular formula is C27H24NO5P. The van der Waals surface area contributed by atoms with Crippen LogP contribution in [-0.4, -0.2) is 31.1 Å². The summed E-state index contributed by atoms with van der Waals surface area (Å²) >= 11 is 0. The Kier molecular flexibility index (Phi) is 5.82. The van der Waals surface area contributed by atoms with Crippen molar-refractivity contribution in [1.29, 1.82) is 0 Å². The second-order valence-corrected chi connectivity index (χ2v) is 9.81. The molecule has 0 atom stereocenters. The molecule has 0 saturated heterocycles. The van der Waals surface area contributed by atoms with Crippen molar-refractivity contribution in [2.45, 2.75) is 13.8 Å². The lowest BCUT2D eigenvalue weighted by molar-refractivity contribution is 0.104. The van der Waals surface area contributed by atoms with E-state index >= 15 is 0 Å². The van der Waals surface area contributed by atoms with Gasteiger partial charge in [0.25, 0.3) is 0 Å². The Labute approximate surface area is 198 Å². The maximum atomic E-state index is 13.8. The molecule has 172 valence electrons. The fraction of sp³-hybridized carbons (Fsp3) is 0.185. The number of rotatable bonds is 7. The van der Waals surface area contributed by atoms with Crippen molar-refractivity contribution >= 4 is 29.6 Å². The van der Waals surface area contributed by atoms with Gasteiger partial charge in [-0.25, -0.2) is 4.98 Å². The second-order valence-electron chi connectivity index (χ2n) is 7.82. The number of para-hydroxylation sites is 1. The van der Waals surface area contributed by atoms with Gasteiger partial charge in [-0.3, -0.25) is 9.36 Å². The normalized spacial score (nSPS) is 12.6. The van der Waals surface area contributed by atoms with Crippen molar-refractivity contribution in [3.05, 3.63) is 77.9 Å². The third-order valence-corrected chi connectivity index (χ3v) is 8.07. The molecule has 7 heteroatoms. The SMILES string of the molecule is CCOP(=O)(OCC)c1cccc2c3c(c(-c4ccc(OC)cc4)nc12)C(=O)c1ccccc1-3. The van der Waals surface area contributed by atoms with Crippen LogP contribution in [-0.2, 0) is 13.6 Å². The Morgan fingerprint density at radius 3 is 2.15 bits per heavy atom. The zero-order valence-corrected chi connectivity index (χ0v) is 20.1. The topological polar surface area (TPSA) is 74.7 Å². The van der Waals surface area contributed by atoms with Crippen LogP contribution in [0.1, 0.15) is 29.8 Å². The largest absolute Gasteiger partial charge is 0.497 e. The summed E-state index contributed by atoms with van der Waals surface area (Å²) in [6.45, 7) is 4.01. The lowest BCUT2D eigenvalue weighted by Crippen LogP contribution is -2.14. The Morgan fingerprint density at radius 1 is 0.824 bits per heavy atom. The van der Waals surface area contributed by atoms with Gasteiger partial charge in [-0.15, -0.1) is 0 Å². The standard InChI is InChI=1S/C27H24NO5P/c1-4-32-34(30,33-5-2)22-12-8-11-21-23-19-9-6-7-10-20(19)27(29)24(23)25(28-26(21)22)17-13-15-18(31-3)16-14-17/h6-16H,4-5H2,1-3H3. The molecule has 0 fully saturated rings. The number of carbonyl (C=O) groups excluding carboxylic acids is 1. The van der Waals surface area contributed by atoms with Crippen LogP contribution in [0.15, 0.2) is 66.7 Å². The molecule has 6 nitrogen and oxygen atoms in total. The smallest absolute Gasteiger partial charge is 0.363 e. The van der Waals surface area contributed by atoms with E-state index in [0.29, 0.717) is 33.4 Å². The van der Waals surface area contributed by atoms with E-state index in [1.807, 2.05) is 60.7 Å². The van der Waals surface area contributed by atoms with E-state index in [9.17, 15) is 9.36 Å². The predicted octanol–water partition coefficient (Wildman–Crippen LogP) is 6.01. The van der Waals surface area contributed by atoms with Crippen molar-refractivity contribution in [3.8, 4) is 28.1 Å². The molecule has 3 aromatic carbocycles. The highest BCUT2D eigenvalue weighted by atomic mass is 31.2. The molecule has 1 aromatic heterocycles. The van der Waals surface area contributed by atoms with Crippen molar-refractivity contribution in [2.75, 3.05) is 20.3 Å². The van der Waals surface area contributed by atoms with Gasteiger partial charge in [-0.2, -0.15) is 0 Å². The van der Waals surface area contributed by atoms with Gasteiger partial charge in [0.1, 0.15) is 5.75 Å². The summed E-state index contributed by atoms with van der Waals surface area (Å²) < 4.78 is 30.4. The average Bonchev–Trinajstić information content (AvgIpc) is 3.16. The van der Waals surface area contributed by atoms with Gasteiger partial charge in [-0.05, 0) is 49.7 Å². The van der Waals surface area contributed by atoms with Gasteiger partial charge in [-0.1, -0.05) is 36.4 Å². The van der Waals surface area contributed by atoms with Crippen LogP contribution in [0.4, 0.5) is 0 Å². The third kappa shape index (κ3) is 3.46. The summed E-state index contributed by atoms with van der Waals surface area (Å²) in [5.41, 5.74) is 4.59. The maximum absolute atomic E-state index is 13.8. The number of fused-ring (bicyclic) bond motifs is 5. The minimum atomic E-state index is -3.63. The number of benzene rings is 3. The van der Waals surface area contributed by atoms with E-state index in [2.05, 4.69) is 0 Å². The quantitative estimate of drug-likeness (QED) is 0.269. The first-order valence-corrected chi connectivity index (χ1v) is 12.7. The number of ether oxygens (including phenoxy) is 1. The maximum Gasteiger partial charge on any atom is 0.363 e.